The molecule has 0 saturated heterocycles. The standard InChI is InChI=1S/C26H25Br/c1-5-11-20-18(4)26(27)24(13-7-3)22(12-6-2)25(20)23-17-10-15-19-14-8-9-16-21(19)23/h5-11,13-17H,2,12H2,1,3-4H3/b11-5-,13-7-. The van der Waals surface area contributed by atoms with Crippen LogP contribution in [0.5, 0.6) is 0 Å². The predicted molar refractivity (Wildman–Crippen MR) is 125 cm³/mol. The number of hydrogen-bond donors (Lipinski definition) is 0. The molecule has 3 aromatic rings. The fraction of sp³-hybridized carbons (Fsp3) is 0.154. The zero-order chi connectivity index (χ0) is 19.4. The molecule has 0 fully saturated rings. The summed E-state index contributed by atoms with van der Waals surface area (Å²) in [4.78, 5) is 0. The Morgan fingerprint density at radius 3 is 2.30 bits per heavy atom. The zero-order valence-corrected chi connectivity index (χ0v) is 17.8. The van der Waals surface area contributed by atoms with Gasteiger partial charge >= 0.3 is 0 Å². The maximum absolute atomic E-state index is 4.02. The molecule has 0 amide bonds. The van der Waals surface area contributed by atoms with Crippen molar-refractivity contribution in [2.75, 3.05) is 0 Å². The van der Waals surface area contributed by atoms with E-state index in [0.29, 0.717) is 0 Å². The van der Waals surface area contributed by atoms with Gasteiger partial charge in [-0.3, -0.25) is 0 Å². The second-order valence-electron chi connectivity index (χ2n) is 6.64. The molecule has 0 nitrogen and oxygen atoms in total. The van der Waals surface area contributed by atoms with Gasteiger partial charge in [-0.25, -0.2) is 0 Å². The molecule has 0 heterocycles. The van der Waals surface area contributed by atoms with Crippen LogP contribution in [-0.2, 0) is 6.42 Å². The van der Waals surface area contributed by atoms with Crippen molar-refractivity contribution < 1.29 is 0 Å². The van der Waals surface area contributed by atoms with Gasteiger partial charge in [-0.1, -0.05) is 72.8 Å². The number of benzene rings is 3. The summed E-state index contributed by atoms with van der Waals surface area (Å²) in [5.41, 5.74) is 7.66. The Morgan fingerprint density at radius 2 is 1.59 bits per heavy atom. The van der Waals surface area contributed by atoms with E-state index in [-0.39, 0.29) is 0 Å². The van der Waals surface area contributed by atoms with Gasteiger partial charge in [-0.2, -0.15) is 0 Å². The van der Waals surface area contributed by atoms with Gasteiger partial charge in [0, 0.05) is 4.47 Å². The Kier molecular flexibility index (Phi) is 6.13. The van der Waals surface area contributed by atoms with Crippen molar-refractivity contribution in [3.05, 3.63) is 94.0 Å². The molecule has 3 rings (SSSR count). The van der Waals surface area contributed by atoms with E-state index < -0.39 is 0 Å². The Bertz CT molecular complexity index is 1050. The van der Waals surface area contributed by atoms with Crippen LogP contribution in [0, 0.1) is 6.92 Å². The van der Waals surface area contributed by atoms with Gasteiger partial charge in [0.05, 0.1) is 0 Å². The molecule has 27 heavy (non-hydrogen) atoms. The molecule has 3 aromatic carbocycles. The van der Waals surface area contributed by atoms with Gasteiger partial charge in [-0.15, -0.1) is 6.58 Å². The Balaban J connectivity index is 2.54. The topological polar surface area (TPSA) is 0 Å². The summed E-state index contributed by atoms with van der Waals surface area (Å²) in [6, 6.07) is 15.2. The molecule has 0 aromatic heterocycles. The average Bonchev–Trinajstić information content (AvgIpc) is 2.69. The van der Waals surface area contributed by atoms with Crippen LogP contribution in [0.1, 0.15) is 36.1 Å². The maximum atomic E-state index is 4.02. The molecule has 0 saturated carbocycles. The number of halogens is 1. The van der Waals surface area contributed by atoms with Crippen LogP contribution < -0.4 is 0 Å². The summed E-state index contributed by atoms with van der Waals surface area (Å²) < 4.78 is 1.16. The molecule has 1 heteroatoms. The largest absolute Gasteiger partial charge is 0.103 e. The van der Waals surface area contributed by atoms with Crippen LogP contribution in [0.3, 0.4) is 0 Å². The first kappa shape index (κ1) is 19.4. The number of allylic oxidation sites excluding steroid dienone is 3. The highest BCUT2D eigenvalue weighted by Crippen LogP contribution is 2.42. The van der Waals surface area contributed by atoms with Gasteiger partial charge in [0.1, 0.15) is 0 Å². The van der Waals surface area contributed by atoms with E-state index in [9.17, 15) is 0 Å². The lowest BCUT2D eigenvalue weighted by Gasteiger charge is -2.22. The summed E-state index contributed by atoms with van der Waals surface area (Å²) in [7, 11) is 0. The Labute approximate surface area is 171 Å². The van der Waals surface area contributed by atoms with Gasteiger partial charge in [0.2, 0.25) is 0 Å². The quantitative estimate of drug-likeness (QED) is 0.366. The molecule has 0 aliphatic heterocycles. The minimum atomic E-state index is 0.821. The molecule has 0 unspecified atom stereocenters. The molecule has 0 bridgehead atoms. The van der Waals surface area contributed by atoms with E-state index in [1.165, 1.54) is 44.2 Å². The molecular weight excluding hydrogens is 392 g/mol. The van der Waals surface area contributed by atoms with Crippen LogP contribution in [0.4, 0.5) is 0 Å². The third-order valence-electron chi connectivity index (χ3n) is 4.94. The lowest BCUT2D eigenvalue weighted by atomic mass is 9.84. The SMILES string of the molecule is C=CCc1c(/C=C\C)c(Br)c(C)c(/C=C\C)c1-c1cccc2ccccc12. The van der Waals surface area contributed by atoms with Crippen molar-refractivity contribution in [1.29, 1.82) is 0 Å². The van der Waals surface area contributed by atoms with Gasteiger partial charge in [0.25, 0.3) is 0 Å². The number of fused-ring (bicyclic) bond motifs is 1. The molecule has 0 N–H and O–H groups in total. The summed E-state index contributed by atoms with van der Waals surface area (Å²) in [5.74, 6) is 0. The van der Waals surface area contributed by atoms with E-state index in [1.807, 2.05) is 6.08 Å². The smallest absolute Gasteiger partial charge is 0.0286 e. The van der Waals surface area contributed by atoms with Gasteiger partial charge in [-0.05, 0) is 87.3 Å². The van der Waals surface area contributed by atoms with Gasteiger partial charge in [0.15, 0.2) is 0 Å². The second-order valence-corrected chi connectivity index (χ2v) is 7.43. The minimum absolute atomic E-state index is 0.821. The van der Waals surface area contributed by atoms with E-state index in [0.717, 1.165) is 10.9 Å². The van der Waals surface area contributed by atoms with E-state index in [4.69, 9.17) is 0 Å². The van der Waals surface area contributed by atoms with Crippen molar-refractivity contribution in [3.8, 4) is 11.1 Å². The summed E-state index contributed by atoms with van der Waals surface area (Å²) >= 11 is 3.86. The third kappa shape index (κ3) is 3.57. The fourth-order valence-electron chi connectivity index (χ4n) is 3.76. The van der Waals surface area contributed by atoms with Gasteiger partial charge < -0.3 is 0 Å². The summed E-state index contributed by atoms with van der Waals surface area (Å²) in [6.07, 6.45) is 11.5. The monoisotopic (exact) mass is 416 g/mol. The summed E-state index contributed by atoms with van der Waals surface area (Å²) in [6.45, 7) is 10.4. The normalized spacial score (nSPS) is 11.7. The van der Waals surface area contributed by atoms with Crippen LogP contribution in [0.15, 0.2) is 71.7 Å². The van der Waals surface area contributed by atoms with E-state index >= 15 is 0 Å². The first-order chi connectivity index (χ1) is 13.1. The maximum Gasteiger partial charge on any atom is 0.0286 e. The summed E-state index contributed by atoms with van der Waals surface area (Å²) in [5, 5.41) is 2.54. The molecule has 0 atom stereocenters. The van der Waals surface area contributed by atoms with Crippen molar-refractivity contribution in [1.82, 2.24) is 0 Å². The van der Waals surface area contributed by atoms with Crippen LogP contribution in [0.25, 0.3) is 34.1 Å². The predicted octanol–water partition coefficient (Wildman–Crippen LogP) is 8.37. The van der Waals surface area contributed by atoms with Crippen molar-refractivity contribution >= 4 is 38.9 Å². The molecular formula is C26H25Br. The lowest BCUT2D eigenvalue weighted by Crippen LogP contribution is -2.01. The molecule has 0 aliphatic carbocycles. The highest BCUT2D eigenvalue weighted by atomic mass is 79.9. The zero-order valence-electron chi connectivity index (χ0n) is 16.2. The van der Waals surface area contributed by atoms with Crippen molar-refractivity contribution in [2.45, 2.75) is 27.2 Å². The van der Waals surface area contributed by atoms with E-state index in [1.54, 1.807) is 0 Å². The number of hydrogen-bond acceptors (Lipinski definition) is 0. The first-order valence-corrected chi connectivity index (χ1v) is 10.1. The second kappa shape index (κ2) is 8.54. The first-order valence-electron chi connectivity index (χ1n) is 9.33. The molecule has 136 valence electrons. The van der Waals surface area contributed by atoms with Crippen LogP contribution >= 0.6 is 15.9 Å². The minimum Gasteiger partial charge on any atom is -0.103 e. The van der Waals surface area contributed by atoms with Crippen LogP contribution in [0.2, 0.25) is 0 Å². The Hall–Kier alpha value is -2.38. The third-order valence-corrected chi connectivity index (χ3v) is 5.96. The van der Waals surface area contributed by atoms with Crippen LogP contribution in [-0.4, -0.2) is 0 Å². The highest BCUT2D eigenvalue weighted by Gasteiger charge is 2.19. The highest BCUT2D eigenvalue weighted by molar-refractivity contribution is 9.10. The average molecular weight is 417 g/mol. The van der Waals surface area contributed by atoms with Crippen molar-refractivity contribution in [2.24, 2.45) is 0 Å². The van der Waals surface area contributed by atoms with Crippen molar-refractivity contribution in [3.63, 3.8) is 0 Å². The fourth-order valence-corrected chi connectivity index (χ4v) is 4.35. The lowest BCUT2D eigenvalue weighted by molar-refractivity contribution is 1.23. The Morgan fingerprint density at radius 1 is 0.926 bits per heavy atom. The molecule has 0 radical (unpaired) electrons. The van der Waals surface area contributed by atoms with E-state index in [2.05, 4.69) is 110 Å². The molecule has 0 spiro atoms. The molecule has 0 aliphatic rings. The number of rotatable bonds is 5.